The van der Waals surface area contributed by atoms with Crippen LogP contribution in [0.4, 0.5) is 4.39 Å². The summed E-state index contributed by atoms with van der Waals surface area (Å²) < 4.78 is 22.8. The van der Waals surface area contributed by atoms with E-state index in [0.717, 1.165) is 12.1 Å². The summed E-state index contributed by atoms with van der Waals surface area (Å²) in [6.07, 6.45) is -0.215. The van der Waals surface area contributed by atoms with Gasteiger partial charge in [-0.15, -0.1) is 0 Å². The number of hydrogen-bond acceptors (Lipinski definition) is 4. The molecule has 0 spiro atoms. The largest absolute Gasteiger partial charge is 0.505 e. The first-order valence-corrected chi connectivity index (χ1v) is 4.73. The number of esters is 1. The van der Waals surface area contributed by atoms with E-state index in [2.05, 4.69) is 4.74 Å². The van der Waals surface area contributed by atoms with Crippen molar-refractivity contribution >= 4 is 5.97 Å². The number of hydrogen-bond donors (Lipinski definition) is 1. The summed E-state index contributed by atoms with van der Waals surface area (Å²) in [6, 6.07) is 1.94. The monoisotopic (exact) mass is 228 g/mol. The molecule has 0 amide bonds. The fourth-order valence-corrected chi connectivity index (χ4v) is 1.16. The Morgan fingerprint density at radius 1 is 1.44 bits per heavy atom. The van der Waals surface area contributed by atoms with Crippen LogP contribution in [-0.2, 0) is 4.74 Å². The fourth-order valence-electron chi connectivity index (χ4n) is 1.16. The molecule has 1 N–H and O–H groups in total. The number of ether oxygens (including phenoxy) is 2. The molecule has 0 saturated heterocycles. The number of carbonyl (C=O) groups excluding carboxylic acids is 1. The van der Waals surface area contributed by atoms with Gasteiger partial charge in [-0.25, -0.2) is 9.18 Å². The molecule has 0 radical (unpaired) electrons. The van der Waals surface area contributed by atoms with Gasteiger partial charge in [0.05, 0.1) is 13.2 Å². The smallest absolute Gasteiger partial charge is 0.341 e. The van der Waals surface area contributed by atoms with Crippen molar-refractivity contribution in [3.63, 3.8) is 0 Å². The summed E-state index contributed by atoms with van der Waals surface area (Å²) in [7, 11) is 1.20. The zero-order chi connectivity index (χ0) is 12.3. The molecule has 0 bridgehead atoms. The number of phenols is 1. The Hall–Kier alpha value is -1.78. The fraction of sp³-hybridized carbons (Fsp3) is 0.364. The normalized spacial score (nSPS) is 10.3. The first kappa shape index (κ1) is 12.3. The van der Waals surface area contributed by atoms with E-state index in [9.17, 15) is 9.18 Å². The van der Waals surface area contributed by atoms with Crippen molar-refractivity contribution in [2.75, 3.05) is 7.11 Å². The molecule has 0 aliphatic heterocycles. The van der Waals surface area contributed by atoms with Gasteiger partial charge in [0.1, 0.15) is 11.3 Å². The molecule has 0 saturated carbocycles. The molecule has 4 nitrogen and oxygen atoms in total. The molecule has 16 heavy (non-hydrogen) atoms. The van der Waals surface area contributed by atoms with Crippen LogP contribution in [0.15, 0.2) is 12.1 Å². The van der Waals surface area contributed by atoms with Gasteiger partial charge < -0.3 is 14.6 Å². The number of methoxy groups -OCH3 is 1. The Morgan fingerprint density at radius 2 is 2.06 bits per heavy atom. The molecule has 1 aromatic carbocycles. The van der Waals surface area contributed by atoms with Crippen molar-refractivity contribution < 1.29 is 23.8 Å². The predicted molar refractivity (Wildman–Crippen MR) is 55.2 cm³/mol. The van der Waals surface area contributed by atoms with E-state index >= 15 is 0 Å². The molecule has 1 rings (SSSR count). The summed E-state index contributed by atoms with van der Waals surface area (Å²) in [6.45, 7) is 3.48. The predicted octanol–water partition coefficient (Wildman–Crippen LogP) is 2.11. The van der Waals surface area contributed by atoms with Gasteiger partial charge in [0, 0.05) is 12.1 Å². The number of carbonyl (C=O) groups is 1. The average molecular weight is 228 g/mol. The Bertz CT molecular complexity index is 401. The molecule has 0 fully saturated rings. The topological polar surface area (TPSA) is 55.8 Å². The molecule has 0 aromatic heterocycles. The number of benzene rings is 1. The average Bonchev–Trinajstić information content (AvgIpc) is 2.21. The van der Waals surface area contributed by atoms with Gasteiger partial charge >= 0.3 is 5.97 Å². The molecular weight excluding hydrogens is 215 g/mol. The van der Waals surface area contributed by atoms with Gasteiger partial charge in [0.25, 0.3) is 0 Å². The molecule has 88 valence electrons. The molecule has 0 aliphatic carbocycles. The standard InChI is InChI=1S/C11H13FO4/c1-6(2)16-10-5-8(12)9(13)4-7(10)11(14)15-3/h4-6,13H,1-3H3. The lowest BCUT2D eigenvalue weighted by molar-refractivity contribution is 0.0593. The molecular formula is C11H13FO4. The first-order valence-electron chi connectivity index (χ1n) is 4.73. The van der Waals surface area contributed by atoms with Crippen molar-refractivity contribution in [3.8, 4) is 11.5 Å². The molecule has 0 atom stereocenters. The Kier molecular flexibility index (Phi) is 3.71. The summed E-state index contributed by atoms with van der Waals surface area (Å²) in [5.74, 6) is -2.09. The van der Waals surface area contributed by atoms with Crippen LogP contribution >= 0.6 is 0 Å². The highest BCUT2D eigenvalue weighted by Gasteiger charge is 2.18. The SMILES string of the molecule is COC(=O)c1cc(O)c(F)cc1OC(C)C. The Balaban J connectivity index is 3.21. The van der Waals surface area contributed by atoms with Crippen LogP contribution in [0.25, 0.3) is 0 Å². The molecule has 0 aliphatic rings. The van der Waals surface area contributed by atoms with Crippen molar-refractivity contribution in [1.82, 2.24) is 0 Å². The quantitative estimate of drug-likeness (QED) is 0.805. The van der Waals surface area contributed by atoms with E-state index in [1.54, 1.807) is 13.8 Å². The van der Waals surface area contributed by atoms with Gasteiger partial charge in [0.2, 0.25) is 0 Å². The minimum absolute atomic E-state index is 0.00454. The minimum Gasteiger partial charge on any atom is -0.505 e. The van der Waals surface area contributed by atoms with Gasteiger partial charge in [0.15, 0.2) is 11.6 Å². The maximum Gasteiger partial charge on any atom is 0.341 e. The van der Waals surface area contributed by atoms with Crippen LogP contribution in [-0.4, -0.2) is 24.3 Å². The van der Waals surface area contributed by atoms with Crippen LogP contribution in [0.3, 0.4) is 0 Å². The third-order valence-electron chi connectivity index (χ3n) is 1.82. The second kappa shape index (κ2) is 4.83. The zero-order valence-corrected chi connectivity index (χ0v) is 9.28. The Morgan fingerprint density at radius 3 is 2.56 bits per heavy atom. The van der Waals surface area contributed by atoms with Crippen LogP contribution in [0.2, 0.25) is 0 Å². The molecule has 0 heterocycles. The van der Waals surface area contributed by atoms with Crippen LogP contribution in [0, 0.1) is 5.82 Å². The number of phenolic OH excluding ortho intramolecular Hbond substituents is 1. The van der Waals surface area contributed by atoms with E-state index in [0.29, 0.717) is 0 Å². The van der Waals surface area contributed by atoms with E-state index in [4.69, 9.17) is 9.84 Å². The lowest BCUT2D eigenvalue weighted by Gasteiger charge is -2.13. The highest BCUT2D eigenvalue weighted by atomic mass is 19.1. The summed E-state index contributed by atoms with van der Waals surface area (Å²) in [5.41, 5.74) is -0.00454. The van der Waals surface area contributed by atoms with E-state index in [1.165, 1.54) is 7.11 Å². The van der Waals surface area contributed by atoms with Crippen molar-refractivity contribution in [2.45, 2.75) is 20.0 Å². The number of halogens is 1. The van der Waals surface area contributed by atoms with Crippen LogP contribution in [0.5, 0.6) is 11.5 Å². The zero-order valence-electron chi connectivity index (χ0n) is 9.28. The summed E-state index contributed by atoms with van der Waals surface area (Å²) >= 11 is 0. The van der Waals surface area contributed by atoms with Gasteiger partial charge in [-0.3, -0.25) is 0 Å². The van der Waals surface area contributed by atoms with Gasteiger partial charge in [-0.2, -0.15) is 0 Å². The third kappa shape index (κ3) is 2.62. The number of aromatic hydroxyl groups is 1. The lowest BCUT2D eigenvalue weighted by atomic mass is 10.2. The van der Waals surface area contributed by atoms with Crippen molar-refractivity contribution in [1.29, 1.82) is 0 Å². The molecule has 5 heteroatoms. The third-order valence-corrected chi connectivity index (χ3v) is 1.82. The Labute approximate surface area is 92.6 Å². The van der Waals surface area contributed by atoms with Crippen LogP contribution in [0.1, 0.15) is 24.2 Å². The lowest BCUT2D eigenvalue weighted by Crippen LogP contribution is -2.11. The highest BCUT2D eigenvalue weighted by Crippen LogP contribution is 2.28. The molecule has 1 aromatic rings. The van der Waals surface area contributed by atoms with E-state index in [1.807, 2.05) is 0 Å². The highest BCUT2D eigenvalue weighted by molar-refractivity contribution is 5.93. The van der Waals surface area contributed by atoms with Gasteiger partial charge in [-0.05, 0) is 13.8 Å². The van der Waals surface area contributed by atoms with Crippen molar-refractivity contribution in [2.24, 2.45) is 0 Å². The maximum absolute atomic E-state index is 13.1. The molecule has 0 unspecified atom stereocenters. The van der Waals surface area contributed by atoms with E-state index in [-0.39, 0.29) is 17.4 Å². The number of rotatable bonds is 3. The van der Waals surface area contributed by atoms with Gasteiger partial charge in [-0.1, -0.05) is 0 Å². The van der Waals surface area contributed by atoms with Crippen molar-refractivity contribution in [3.05, 3.63) is 23.5 Å². The maximum atomic E-state index is 13.1. The first-order chi connectivity index (χ1) is 7.45. The summed E-state index contributed by atoms with van der Waals surface area (Å²) in [5, 5.41) is 9.16. The minimum atomic E-state index is -0.844. The second-order valence-corrected chi connectivity index (χ2v) is 3.46. The van der Waals surface area contributed by atoms with E-state index < -0.39 is 17.5 Å². The van der Waals surface area contributed by atoms with Crippen LogP contribution < -0.4 is 4.74 Å². The summed E-state index contributed by atoms with van der Waals surface area (Å²) in [4.78, 5) is 11.3. The second-order valence-electron chi connectivity index (χ2n) is 3.46.